The lowest BCUT2D eigenvalue weighted by Crippen LogP contribution is -2.28. The summed E-state index contributed by atoms with van der Waals surface area (Å²) in [6, 6.07) is 14.3. The van der Waals surface area contributed by atoms with Crippen molar-refractivity contribution in [1.29, 1.82) is 0 Å². The molecule has 1 N–H and O–H groups in total. The monoisotopic (exact) mass is 362 g/mol. The van der Waals surface area contributed by atoms with Crippen molar-refractivity contribution >= 4 is 40.7 Å². The lowest BCUT2D eigenvalue weighted by Gasteiger charge is -2.17. The molecule has 2 aromatic carbocycles. The van der Waals surface area contributed by atoms with Crippen LogP contribution in [0.5, 0.6) is 0 Å². The van der Waals surface area contributed by atoms with Crippen LogP contribution in [0.2, 0.25) is 10.0 Å². The van der Waals surface area contributed by atoms with Gasteiger partial charge in [0.05, 0.1) is 5.92 Å². The Balaban J connectivity index is 1.61. The predicted molar refractivity (Wildman–Crippen MR) is 95.1 cm³/mol. The molecule has 2 amide bonds. The van der Waals surface area contributed by atoms with E-state index in [1.54, 1.807) is 41.3 Å². The Bertz CT molecular complexity index is 762. The number of nitrogens with one attached hydrogen (secondary N) is 1. The zero-order valence-electron chi connectivity index (χ0n) is 12.8. The minimum Gasteiger partial charge on any atom is -0.338 e. The molecule has 6 heteroatoms. The number of anilines is 1. The van der Waals surface area contributed by atoms with Crippen LogP contribution >= 0.6 is 23.2 Å². The first kappa shape index (κ1) is 16.8. The molecule has 0 saturated carbocycles. The Hall–Kier alpha value is -2.04. The van der Waals surface area contributed by atoms with Gasteiger partial charge < -0.3 is 10.2 Å². The molecular formula is C18H16Cl2N2O2. The fourth-order valence-electron chi connectivity index (χ4n) is 2.72. The highest BCUT2D eigenvalue weighted by atomic mass is 35.5. The van der Waals surface area contributed by atoms with Crippen LogP contribution in [0.3, 0.4) is 0 Å². The van der Waals surface area contributed by atoms with Gasteiger partial charge in [0.2, 0.25) is 11.8 Å². The zero-order valence-corrected chi connectivity index (χ0v) is 14.3. The van der Waals surface area contributed by atoms with Gasteiger partial charge in [0.15, 0.2) is 0 Å². The SMILES string of the molecule is O=C(Nc1cccc(Cl)c1)C1CC(=O)N(Cc2ccc(Cl)cc2)C1. The van der Waals surface area contributed by atoms with Crippen molar-refractivity contribution in [3.63, 3.8) is 0 Å². The number of halogens is 2. The molecule has 4 nitrogen and oxygen atoms in total. The van der Waals surface area contributed by atoms with Gasteiger partial charge in [-0.2, -0.15) is 0 Å². The summed E-state index contributed by atoms with van der Waals surface area (Å²) in [5, 5.41) is 4.03. The first-order chi connectivity index (χ1) is 11.5. The van der Waals surface area contributed by atoms with Crippen LogP contribution in [-0.2, 0) is 16.1 Å². The van der Waals surface area contributed by atoms with E-state index in [1.807, 2.05) is 12.1 Å². The van der Waals surface area contributed by atoms with E-state index in [4.69, 9.17) is 23.2 Å². The van der Waals surface area contributed by atoms with Gasteiger partial charge in [0, 0.05) is 35.2 Å². The van der Waals surface area contributed by atoms with Crippen molar-refractivity contribution in [2.75, 3.05) is 11.9 Å². The molecule has 0 aliphatic carbocycles. The van der Waals surface area contributed by atoms with Crippen LogP contribution in [0.15, 0.2) is 48.5 Å². The molecule has 0 aromatic heterocycles. The minimum atomic E-state index is -0.358. The Morgan fingerprint density at radius 3 is 2.58 bits per heavy atom. The van der Waals surface area contributed by atoms with Gasteiger partial charge in [-0.3, -0.25) is 9.59 Å². The van der Waals surface area contributed by atoms with Crippen molar-refractivity contribution in [2.45, 2.75) is 13.0 Å². The average molecular weight is 363 g/mol. The third-order valence-corrected chi connectivity index (χ3v) is 4.45. The van der Waals surface area contributed by atoms with E-state index in [-0.39, 0.29) is 24.2 Å². The predicted octanol–water partition coefficient (Wildman–Crippen LogP) is 3.98. The number of carbonyl (C=O) groups is 2. The normalized spacial score (nSPS) is 17.2. The van der Waals surface area contributed by atoms with Crippen molar-refractivity contribution < 1.29 is 9.59 Å². The molecule has 1 atom stereocenters. The minimum absolute atomic E-state index is 0.0174. The number of amides is 2. The third kappa shape index (κ3) is 4.08. The summed E-state index contributed by atoms with van der Waals surface area (Å²) < 4.78 is 0. The smallest absolute Gasteiger partial charge is 0.229 e. The lowest BCUT2D eigenvalue weighted by molar-refractivity contribution is -0.128. The topological polar surface area (TPSA) is 49.4 Å². The maximum atomic E-state index is 12.4. The van der Waals surface area contributed by atoms with Crippen molar-refractivity contribution in [3.05, 3.63) is 64.1 Å². The number of nitrogens with zero attached hydrogens (tertiary/aromatic N) is 1. The molecule has 1 aliphatic heterocycles. The second-order valence-electron chi connectivity index (χ2n) is 5.80. The largest absolute Gasteiger partial charge is 0.338 e. The molecule has 124 valence electrons. The molecule has 1 aliphatic rings. The molecule has 3 rings (SSSR count). The summed E-state index contributed by atoms with van der Waals surface area (Å²) in [5.41, 5.74) is 1.62. The van der Waals surface area contributed by atoms with E-state index in [9.17, 15) is 9.59 Å². The van der Waals surface area contributed by atoms with Gasteiger partial charge in [0.1, 0.15) is 0 Å². The quantitative estimate of drug-likeness (QED) is 0.893. The van der Waals surface area contributed by atoms with Gasteiger partial charge in [0.25, 0.3) is 0 Å². The summed E-state index contributed by atoms with van der Waals surface area (Å²) in [7, 11) is 0. The second-order valence-corrected chi connectivity index (χ2v) is 6.67. The number of rotatable bonds is 4. The van der Waals surface area contributed by atoms with E-state index < -0.39 is 0 Å². The second kappa shape index (κ2) is 7.24. The fourth-order valence-corrected chi connectivity index (χ4v) is 3.04. The van der Waals surface area contributed by atoms with Crippen molar-refractivity contribution in [3.8, 4) is 0 Å². The van der Waals surface area contributed by atoms with Crippen LogP contribution in [0.25, 0.3) is 0 Å². The van der Waals surface area contributed by atoms with E-state index in [0.717, 1.165) is 5.56 Å². The highest BCUT2D eigenvalue weighted by molar-refractivity contribution is 6.31. The van der Waals surface area contributed by atoms with Crippen molar-refractivity contribution in [2.24, 2.45) is 5.92 Å². The molecule has 2 aromatic rings. The number of carbonyl (C=O) groups excluding carboxylic acids is 2. The van der Waals surface area contributed by atoms with Crippen LogP contribution < -0.4 is 5.32 Å². The zero-order chi connectivity index (χ0) is 17.1. The summed E-state index contributed by atoms with van der Waals surface area (Å²) in [6.45, 7) is 0.894. The molecule has 1 unspecified atom stereocenters. The van der Waals surface area contributed by atoms with Crippen molar-refractivity contribution in [1.82, 2.24) is 4.90 Å². The van der Waals surface area contributed by atoms with Gasteiger partial charge in [-0.25, -0.2) is 0 Å². The Kier molecular flexibility index (Phi) is 5.07. The van der Waals surface area contributed by atoms with E-state index in [1.165, 1.54) is 0 Å². The first-order valence-corrected chi connectivity index (χ1v) is 8.35. The maximum absolute atomic E-state index is 12.4. The van der Waals surface area contributed by atoms with Gasteiger partial charge in [-0.1, -0.05) is 41.4 Å². The molecule has 1 saturated heterocycles. The van der Waals surface area contributed by atoms with E-state index >= 15 is 0 Å². The Morgan fingerprint density at radius 2 is 1.88 bits per heavy atom. The molecule has 0 bridgehead atoms. The molecule has 1 heterocycles. The molecule has 0 spiro atoms. The van der Waals surface area contributed by atoms with Gasteiger partial charge in [-0.15, -0.1) is 0 Å². The standard InChI is InChI=1S/C18H16Cl2N2O2/c19-14-6-4-12(5-7-14)10-22-11-13(8-17(22)23)18(24)21-16-3-1-2-15(20)9-16/h1-7,9,13H,8,10-11H2,(H,21,24). The van der Waals surface area contributed by atoms with Crippen LogP contribution in [-0.4, -0.2) is 23.3 Å². The van der Waals surface area contributed by atoms with Crippen LogP contribution in [0.4, 0.5) is 5.69 Å². The lowest BCUT2D eigenvalue weighted by atomic mass is 10.1. The Labute approximate surface area is 150 Å². The highest BCUT2D eigenvalue weighted by Crippen LogP contribution is 2.23. The number of benzene rings is 2. The number of hydrogen-bond donors (Lipinski definition) is 1. The fraction of sp³-hybridized carbons (Fsp3) is 0.222. The number of likely N-dealkylation sites (tertiary alicyclic amines) is 1. The first-order valence-electron chi connectivity index (χ1n) is 7.60. The van der Waals surface area contributed by atoms with Gasteiger partial charge >= 0.3 is 0 Å². The summed E-state index contributed by atoms with van der Waals surface area (Å²) in [4.78, 5) is 26.2. The van der Waals surface area contributed by atoms with Gasteiger partial charge in [-0.05, 0) is 35.9 Å². The maximum Gasteiger partial charge on any atom is 0.229 e. The molecule has 1 fully saturated rings. The summed E-state index contributed by atoms with van der Waals surface area (Å²) in [6.07, 6.45) is 0.222. The Morgan fingerprint density at radius 1 is 1.12 bits per heavy atom. The third-order valence-electron chi connectivity index (χ3n) is 3.96. The van der Waals surface area contributed by atoms with E-state index in [0.29, 0.717) is 28.8 Å². The molecular weight excluding hydrogens is 347 g/mol. The average Bonchev–Trinajstić information content (AvgIpc) is 2.91. The summed E-state index contributed by atoms with van der Waals surface area (Å²) in [5.74, 6) is -0.538. The summed E-state index contributed by atoms with van der Waals surface area (Å²) >= 11 is 11.8. The number of hydrogen-bond acceptors (Lipinski definition) is 2. The molecule has 24 heavy (non-hydrogen) atoms. The van der Waals surface area contributed by atoms with Crippen LogP contribution in [0, 0.1) is 5.92 Å². The highest BCUT2D eigenvalue weighted by Gasteiger charge is 2.34. The molecule has 0 radical (unpaired) electrons. The van der Waals surface area contributed by atoms with E-state index in [2.05, 4.69) is 5.32 Å². The van der Waals surface area contributed by atoms with Crippen LogP contribution in [0.1, 0.15) is 12.0 Å².